The zero-order valence-corrected chi connectivity index (χ0v) is 11.3. The third-order valence-electron chi connectivity index (χ3n) is 4.45. The molecular weight excluding hydrogens is 264 g/mol. The molecule has 1 aromatic carbocycles. The molecule has 0 bridgehead atoms. The average molecular weight is 281 g/mol. The SMILES string of the molecule is ClC1CCC2C(C1)NNC2c1ccc2c(c1)OCO2. The van der Waals surface area contributed by atoms with Crippen LogP contribution in [-0.2, 0) is 0 Å². The van der Waals surface area contributed by atoms with Crippen LogP contribution in [0.1, 0.15) is 30.9 Å². The van der Waals surface area contributed by atoms with Crippen molar-refractivity contribution >= 4 is 11.6 Å². The van der Waals surface area contributed by atoms with Crippen molar-refractivity contribution in [3.05, 3.63) is 23.8 Å². The number of alkyl halides is 1. The molecule has 2 N–H and O–H groups in total. The van der Waals surface area contributed by atoms with E-state index in [1.165, 1.54) is 5.56 Å². The number of rotatable bonds is 1. The van der Waals surface area contributed by atoms with Gasteiger partial charge in [-0.15, -0.1) is 11.6 Å². The predicted octanol–water partition coefficient (Wildman–Crippen LogP) is 2.34. The van der Waals surface area contributed by atoms with Gasteiger partial charge in [0.1, 0.15) is 0 Å². The van der Waals surface area contributed by atoms with Crippen molar-refractivity contribution in [2.75, 3.05) is 6.79 Å². The highest BCUT2D eigenvalue weighted by Gasteiger charge is 2.40. The molecule has 3 aliphatic rings. The number of benzene rings is 1. The van der Waals surface area contributed by atoms with Crippen molar-refractivity contribution in [2.45, 2.75) is 36.7 Å². The third-order valence-corrected chi connectivity index (χ3v) is 4.84. The fraction of sp³-hybridized carbons (Fsp3) is 0.571. The zero-order valence-electron chi connectivity index (χ0n) is 10.6. The fourth-order valence-corrected chi connectivity index (χ4v) is 3.77. The number of halogens is 1. The maximum Gasteiger partial charge on any atom is 0.231 e. The molecule has 2 fully saturated rings. The lowest BCUT2D eigenvalue weighted by molar-refractivity contribution is 0.174. The maximum atomic E-state index is 6.25. The molecule has 102 valence electrons. The van der Waals surface area contributed by atoms with Gasteiger partial charge in [-0.3, -0.25) is 5.43 Å². The molecule has 4 nitrogen and oxygen atoms in total. The molecule has 0 amide bonds. The van der Waals surface area contributed by atoms with Crippen molar-refractivity contribution in [3.63, 3.8) is 0 Å². The van der Waals surface area contributed by atoms with Gasteiger partial charge < -0.3 is 9.47 Å². The van der Waals surface area contributed by atoms with Crippen molar-refractivity contribution < 1.29 is 9.47 Å². The Morgan fingerprint density at radius 1 is 1.11 bits per heavy atom. The summed E-state index contributed by atoms with van der Waals surface area (Å²) in [6.45, 7) is 0.328. The van der Waals surface area contributed by atoms with E-state index in [4.69, 9.17) is 21.1 Å². The van der Waals surface area contributed by atoms with Gasteiger partial charge in [-0.1, -0.05) is 6.07 Å². The van der Waals surface area contributed by atoms with E-state index in [2.05, 4.69) is 23.0 Å². The van der Waals surface area contributed by atoms with Gasteiger partial charge in [-0.25, -0.2) is 5.43 Å². The van der Waals surface area contributed by atoms with Gasteiger partial charge in [0.2, 0.25) is 6.79 Å². The summed E-state index contributed by atoms with van der Waals surface area (Å²) in [5.74, 6) is 2.31. The van der Waals surface area contributed by atoms with Gasteiger partial charge in [0.05, 0.1) is 6.04 Å². The highest BCUT2D eigenvalue weighted by atomic mass is 35.5. The van der Waals surface area contributed by atoms with Gasteiger partial charge in [0.25, 0.3) is 0 Å². The van der Waals surface area contributed by atoms with Crippen LogP contribution in [0.2, 0.25) is 0 Å². The number of ether oxygens (including phenoxy) is 2. The van der Waals surface area contributed by atoms with E-state index >= 15 is 0 Å². The first kappa shape index (κ1) is 11.8. The van der Waals surface area contributed by atoms with E-state index in [9.17, 15) is 0 Å². The van der Waals surface area contributed by atoms with E-state index in [-0.39, 0.29) is 0 Å². The minimum absolute atomic E-state index is 0.311. The highest BCUT2D eigenvalue weighted by Crippen LogP contribution is 2.42. The molecule has 1 saturated heterocycles. The molecule has 0 radical (unpaired) electrons. The predicted molar refractivity (Wildman–Crippen MR) is 72.3 cm³/mol. The second kappa shape index (κ2) is 4.54. The van der Waals surface area contributed by atoms with Crippen LogP contribution in [0.4, 0.5) is 0 Å². The quantitative estimate of drug-likeness (QED) is 0.775. The Balaban J connectivity index is 1.59. The lowest BCUT2D eigenvalue weighted by Crippen LogP contribution is -2.36. The largest absolute Gasteiger partial charge is 0.454 e. The molecule has 4 unspecified atom stereocenters. The maximum absolute atomic E-state index is 6.25. The topological polar surface area (TPSA) is 42.5 Å². The summed E-state index contributed by atoms with van der Waals surface area (Å²) in [7, 11) is 0. The van der Waals surface area contributed by atoms with E-state index in [1.807, 2.05) is 6.07 Å². The van der Waals surface area contributed by atoms with Gasteiger partial charge in [-0.2, -0.15) is 0 Å². The molecular formula is C14H17ClN2O2. The normalized spacial score (nSPS) is 36.3. The van der Waals surface area contributed by atoms with Crippen LogP contribution >= 0.6 is 11.6 Å². The van der Waals surface area contributed by atoms with Crippen molar-refractivity contribution in [3.8, 4) is 11.5 Å². The third kappa shape index (κ3) is 1.98. The summed E-state index contributed by atoms with van der Waals surface area (Å²) in [4.78, 5) is 0. The summed E-state index contributed by atoms with van der Waals surface area (Å²) in [6, 6.07) is 7.04. The lowest BCUT2D eigenvalue weighted by atomic mass is 9.79. The Labute approximate surface area is 117 Å². The highest BCUT2D eigenvalue weighted by molar-refractivity contribution is 6.20. The van der Waals surface area contributed by atoms with Crippen molar-refractivity contribution in [2.24, 2.45) is 5.92 Å². The molecule has 19 heavy (non-hydrogen) atoms. The first-order valence-corrected chi connectivity index (χ1v) is 7.29. The smallest absolute Gasteiger partial charge is 0.231 e. The van der Waals surface area contributed by atoms with E-state index < -0.39 is 0 Å². The first-order valence-electron chi connectivity index (χ1n) is 6.86. The summed E-state index contributed by atoms with van der Waals surface area (Å²) in [6.07, 6.45) is 3.31. The molecule has 5 heteroatoms. The van der Waals surface area contributed by atoms with Gasteiger partial charge in [0.15, 0.2) is 11.5 Å². The van der Waals surface area contributed by atoms with Crippen LogP contribution in [0.3, 0.4) is 0 Å². The summed E-state index contributed by atoms with van der Waals surface area (Å²) in [5, 5.41) is 0.311. The van der Waals surface area contributed by atoms with Crippen LogP contribution in [0.5, 0.6) is 11.5 Å². The Hall–Kier alpha value is -0.970. The van der Waals surface area contributed by atoms with Crippen molar-refractivity contribution in [1.29, 1.82) is 0 Å². The number of hydrazine groups is 1. The molecule has 1 aromatic rings. The van der Waals surface area contributed by atoms with Crippen LogP contribution in [0, 0.1) is 5.92 Å². The molecule has 0 spiro atoms. The Morgan fingerprint density at radius 2 is 2.00 bits per heavy atom. The Morgan fingerprint density at radius 3 is 2.95 bits per heavy atom. The van der Waals surface area contributed by atoms with Gasteiger partial charge >= 0.3 is 0 Å². The van der Waals surface area contributed by atoms with E-state index in [0.717, 1.165) is 30.8 Å². The second-order valence-electron chi connectivity index (χ2n) is 5.56. The molecule has 4 atom stereocenters. The first-order chi connectivity index (χ1) is 9.31. The van der Waals surface area contributed by atoms with E-state index in [1.54, 1.807) is 0 Å². The van der Waals surface area contributed by atoms with Crippen molar-refractivity contribution in [1.82, 2.24) is 10.9 Å². The second-order valence-corrected chi connectivity index (χ2v) is 6.18. The van der Waals surface area contributed by atoms with Gasteiger partial charge in [-0.05, 0) is 42.9 Å². The summed E-state index contributed by atoms with van der Waals surface area (Å²) in [5.41, 5.74) is 8.08. The summed E-state index contributed by atoms with van der Waals surface area (Å²) < 4.78 is 10.8. The minimum atomic E-state index is 0.311. The fourth-order valence-electron chi connectivity index (χ4n) is 3.45. The Kier molecular flexibility index (Phi) is 2.83. The summed E-state index contributed by atoms with van der Waals surface area (Å²) >= 11 is 6.25. The molecule has 2 aliphatic heterocycles. The van der Waals surface area contributed by atoms with E-state index in [0.29, 0.717) is 30.2 Å². The molecule has 0 aromatic heterocycles. The van der Waals surface area contributed by atoms with Crippen LogP contribution in [0.15, 0.2) is 18.2 Å². The average Bonchev–Trinajstić information content (AvgIpc) is 3.02. The Bertz CT molecular complexity index is 496. The monoisotopic (exact) mass is 280 g/mol. The molecule has 1 saturated carbocycles. The number of hydrogen-bond acceptors (Lipinski definition) is 4. The lowest BCUT2D eigenvalue weighted by Gasteiger charge is -2.30. The number of fused-ring (bicyclic) bond motifs is 2. The van der Waals surface area contributed by atoms with Crippen LogP contribution in [-0.4, -0.2) is 18.2 Å². The van der Waals surface area contributed by atoms with Crippen LogP contribution in [0.25, 0.3) is 0 Å². The zero-order chi connectivity index (χ0) is 12.8. The minimum Gasteiger partial charge on any atom is -0.454 e. The molecule has 2 heterocycles. The van der Waals surface area contributed by atoms with Crippen LogP contribution < -0.4 is 20.3 Å². The molecule has 4 rings (SSSR count). The number of hydrogen-bond donors (Lipinski definition) is 2. The van der Waals surface area contributed by atoms with Gasteiger partial charge in [0, 0.05) is 11.4 Å². The standard InChI is InChI=1S/C14H17ClN2O2/c15-9-2-3-10-11(6-9)16-17-14(10)8-1-4-12-13(5-8)19-7-18-12/h1,4-5,9-11,14,16-17H,2-3,6-7H2. The molecule has 1 aliphatic carbocycles. The number of nitrogens with one attached hydrogen (secondary N) is 2.